The third-order valence-corrected chi connectivity index (χ3v) is 6.93. The number of carbonyl (C=O) groups is 1. The van der Waals surface area contributed by atoms with Crippen LogP contribution >= 0.6 is 0 Å². The van der Waals surface area contributed by atoms with E-state index in [1.807, 2.05) is 27.7 Å². The summed E-state index contributed by atoms with van der Waals surface area (Å²) < 4.78 is 27.6. The highest BCUT2D eigenvalue weighted by Crippen LogP contribution is 2.26. The van der Waals surface area contributed by atoms with Gasteiger partial charge in [0.05, 0.1) is 4.90 Å². The standard InChI is InChI=1S/C19H31N3O3S/c1-5-20-15(3)13-21-19(23)18-12-17(10-9-14(18)2)26(24,25)22-11-7-6-8-16(22)4/h9-10,12,15-16,20H,5-8,11,13H2,1-4H3,(H,21,23)/t15-,16?/m1/s1. The summed E-state index contributed by atoms with van der Waals surface area (Å²) in [5, 5.41) is 6.11. The van der Waals surface area contributed by atoms with Crippen molar-refractivity contribution >= 4 is 15.9 Å². The molecule has 0 saturated carbocycles. The van der Waals surface area contributed by atoms with Crippen molar-refractivity contribution in [1.29, 1.82) is 0 Å². The van der Waals surface area contributed by atoms with Gasteiger partial charge in [0.1, 0.15) is 0 Å². The minimum Gasteiger partial charge on any atom is -0.350 e. The number of hydrogen-bond donors (Lipinski definition) is 2. The number of nitrogens with one attached hydrogen (secondary N) is 2. The molecule has 146 valence electrons. The third-order valence-electron chi connectivity index (χ3n) is 4.92. The number of likely N-dealkylation sites (N-methyl/N-ethyl adjacent to an activating group) is 1. The Bertz CT molecular complexity index is 734. The predicted octanol–water partition coefficient (Wildman–Crippen LogP) is 2.29. The van der Waals surface area contributed by atoms with Gasteiger partial charge in [-0.15, -0.1) is 0 Å². The van der Waals surface area contributed by atoms with Gasteiger partial charge in [0.15, 0.2) is 0 Å². The van der Waals surface area contributed by atoms with Crippen molar-refractivity contribution in [2.45, 2.75) is 63.9 Å². The van der Waals surface area contributed by atoms with Crippen LogP contribution in [0.5, 0.6) is 0 Å². The number of piperidine rings is 1. The normalized spacial score (nSPS) is 19.9. The Morgan fingerprint density at radius 2 is 2.08 bits per heavy atom. The van der Waals surface area contributed by atoms with Crippen LogP contribution in [-0.4, -0.2) is 50.3 Å². The highest BCUT2D eigenvalue weighted by Gasteiger charge is 2.31. The molecule has 26 heavy (non-hydrogen) atoms. The number of hydrogen-bond acceptors (Lipinski definition) is 4. The van der Waals surface area contributed by atoms with Crippen LogP contribution in [-0.2, 0) is 10.0 Å². The Morgan fingerprint density at radius 3 is 2.73 bits per heavy atom. The van der Waals surface area contributed by atoms with Crippen LogP contribution in [0.15, 0.2) is 23.1 Å². The van der Waals surface area contributed by atoms with Gasteiger partial charge in [0.25, 0.3) is 5.91 Å². The molecule has 2 rings (SSSR count). The molecule has 1 aliphatic rings. The first-order valence-electron chi connectivity index (χ1n) is 9.41. The molecule has 1 aromatic rings. The highest BCUT2D eigenvalue weighted by molar-refractivity contribution is 7.89. The van der Waals surface area contributed by atoms with Gasteiger partial charge in [-0.1, -0.05) is 19.4 Å². The first-order chi connectivity index (χ1) is 12.3. The SMILES string of the molecule is CCN[C@H](C)CNC(=O)c1cc(S(=O)(=O)N2CCCCC2C)ccc1C. The second-order valence-electron chi connectivity index (χ2n) is 7.11. The Balaban J connectivity index is 2.22. The fourth-order valence-electron chi connectivity index (χ4n) is 3.33. The summed E-state index contributed by atoms with van der Waals surface area (Å²) in [5.74, 6) is -0.240. The van der Waals surface area contributed by atoms with Gasteiger partial charge >= 0.3 is 0 Å². The van der Waals surface area contributed by atoms with E-state index in [1.54, 1.807) is 16.4 Å². The van der Waals surface area contributed by atoms with Crippen LogP contribution in [0.1, 0.15) is 56.0 Å². The van der Waals surface area contributed by atoms with Crippen molar-refractivity contribution in [2.24, 2.45) is 0 Å². The predicted molar refractivity (Wildman–Crippen MR) is 104 cm³/mol. The lowest BCUT2D eigenvalue weighted by molar-refractivity contribution is 0.0949. The highest BCUT2D eigenvalue weighted by atomic mass is 32.2. The van der Waals surface area contributed by atoms with Crippen molar-refractivity contribution in [3.63, 3.8) is 0 Å². The van der Waals surface area contributed by atoms with Gasteiger partial charge in [0, 0.05) is 30.7 Å². The zero-order valence-electron chi connectivity index (χ0n) is 16.2. The minimum atomic E-state index is -3.58. The van der Waals surface area contributed by atoms with Crippen molar-refractivity contribution in [3.8, 4) is 0 Å². The van der Waals surface area contributed by atoms with Crippen molar-refractivity contribution in [3.05, 3.63) is 29.3 Å². The average molecular weight is 382 g/mol. The molecule has 0 bridgehead atoms. The Kier molecular flexibility index (Phi) is 7.20. The molecule has 2 atom stereocenters. The van der Waals surface area contributed by atoms with Crippen LogP contribution in [0.3, 0.4) is 0 Å². The van der Waals surface area contributed by atoms with Gasteiger partial charge in [-0.25, -0.2) is 8.42 Å². The van der Waals surface area contributed by atoms with Crippen molar-refractivity contribution in [1.82, 2.24) is 14.9 Å². The zero-order chi connectivity index (χ0) is 19.3. The van der Waals surface area contributed by atoms with Gasteiger partial charge in [-0.05, 0) is 57.9 Å². The Labute approximate surface area is 157 Å². The van der Waals surface area contributed by atoms with Crippen molar-refractivity contribution < 1.29 is 13.2 Å². The molecule has 1 fully saturated rings. The minimum absolute atomic E-state index is 0.00621. The molecule has 0 spiro atoms. The second kappa shape index (κ2) is 8.97. The van der Waals surface area contributed by atoms with E-state index in [9.17, 15) is 13.2 Å². The molecule has 1 heterocycles. The first-order valence-corrected chi connectivity index (χ1v) is 10.9. The molecular weight excluding hydrogens is 350 g/mol. The summed E-state index contributed by atoms with van der Waals surface area (Å²) in [5.41, 5.74) is 1.18. The third kappa shape index (κ3) is 4.84. The quantitative estimate of drug-likeness (QED) is 0.760. The van der Waals surface area contributed by atoms with Crippen LogP contribution < -0.4 is 10.6 Å². The molecule has 0 aromatic heterocycles. The zero-order valence-corrected chi connectivity index (χ0v) is 17.0. The molecule has 1 saturated heterocycles. The summed E-state index contributed by atoms with van der Waals surface area (Å²) in [6.45, 7) is 9.64. The molecule has 1 aliphatic heterocycles. The number of sulfonamides is 1. The molecule has 0 aliphatic carbocycles. The summed E-state index contributed by atoms with van der Waals surface area (Å²) in [6.07, 6.45) is 2.81. The van der Waals surface area contributed by atoms with Crippen LogP contribution in [0.4, 0.5) is 0 Å². The fourth-order valence-corrected chi connectivity index (χ4v) is 5.06. The number of aryl methyl sites for hydroxylation is 1. The maximum atomic E-state index is 13.0. The van der Waals surface area contributed by atoms with Gasteiger partial charge in [0.2, 0.25) is 10.0 Å². The van der Waals surface area contributed by atoms with E-state index in [1.165, 1.54) is 6.07 Å². The van der Waals surface area contributed by atoms with E-state index in [0.29, 0.717) is 18.7 Å². The maximum absolute atomic E-state index is 13.0. The molecule has 1 unspecified atom stereocenters. The van der Waals surface area contributed by atoms with Gasteiger partial charge in [-0.2, -0.15) is 4.31 Å². The van der Waals surface area contributed by atoms with E-state index in [2.05, 4.69) is 10.6 Å². The molecule has 6 nitrogen and oxygen atoms in total. The summed E-state index contributed by atoms with van der Waals surface area (Å²) in [4.78, 5) is 12.7. The molecule has 0 radical (unpaired) electrons. The average Bonchev–Trinajstić information content (AvgIpc) is 2.60. The Hall–Kier alpha value is -1.44. The summed E-state index contributed by atoms with van der Waals surface area (Å²) in [7, 11) is -3.58. The van der Waals surface area contributed by atoms with E-state index in [0.717, 1.165) is 31.4 Å². The lowest BCUT2D eigenvalue weighted by Gasteiger charge is -2.32. The topological polar surface area (TPSA) is 78.5 Å². The van der Waals surface area contributed by atoms with Crippen LogP contribution in [0.25, 0.3) is 0 Å². The van der Waals surface area contributed by atoms with E-state index >= 15 is 0 Å². The van der Waals surface area contributed by atoms with Crippen LogP contribution in [0, 0.1) is 6.92 Å². The summed E-state index contributed by atoms with van der Waals surface area (Å²) in [6, 6.07) is 4.98. The maximum Gasteiger partial charge on any atom is 0.251 e. The monoisotopic (exact) mass is 381 g/mol. The molecule has 1 aromatic carbocycles. The molecule has 7 heteroatoms. The summed E-state index contributed by atoms with van der Waals surface area (Å²) >= 11 is 0. The number of rotatable bonds is 7. The smallest absolute Gasteiger partial charge is 0.251 e. The number of amides is 1. The van der Waals surface area contributed by atoms with Gasteiger partial charge < -0.3 is 10.6 Å². The molecular formula is C19H31N3O3S. The van der Waals surface area contributed by atoms with Crippen LogP contribution in [0.2, 0.25) is 0 Å². The van der Waals surface area contributed by atoms with E-state index in [4.69, 9.17) is 0 Å². The van der Waals surface area contributed by atoms with E-state index < -0.39 is 10.0 Å². The fraction of sp³-hybridized carbons (Fsp3) is 0.632. The number of carbonyl (C=O) groups excluding carboxylic acids is 1. The lowest BCUT2D eigenvalue weighted by Crippen LogP contribution is -2.42. The van der Waals surface area contributed by atoms with Gasteiger partial charge in [-0.3, -0.25) is 4.79 Å². The molecule has 1 amide bonds. The largest absolute Gasteiger partial charge is 0.350 e. The molecule has 2 N–H and O–H groups in total. The Morgan fingerprint density at radius 1 is 1.35 bits per heavy atom. The lowest BCUT2D eigenvalue weighted by atomic mass is 10.1. The first kappa shape index (κ1) is 20.9. The number of nitrogens with zero attached hydrogens (tertiary/aromatic N) is 1. The second-order valence-corrected chi connectivity index (χ2v) is 9.00. The van der Waals surface area contributed by atoms with Crippen molar-refractivity contribution in [2.75, 3.05) is 19.6 Å². The van der Waals surface area contributed by atoms with E-state index in [-0.39, 0.29) is 22.9 Å². The number of benzene rings is 1.